The van der Waals surface area contributed by atoms with E-state index in [4.69, 9.17) is 9.47 Å². The van der Waals surface area contributed by atoms with Gasteiger partial charge in [0, 0.05) is 5.92 Å². The summed E-state index contributed by atoms with van der Waals surface area (Å²) in [6.07, 6.45) is 25.1. The van der Waals surface area contributed by atoms with E-state index in [0.29, 0.717) is 12.8 Å². The van der Waals surface area contributed by atoms with Crippen molar-refractivity contribution < 1.29 is 46.7 Å². The molecule has 10 nitrogen and oxygen atoms in total. The highest BCUT2D eigenvalue weighted by Crippen LogP contribution is 2.24. The lowest BCUT2D eigenvalue weighted by Crippen LogP contribution is -2.59. The molecule has 4 N–H and O–H groups in total. The van der Waals surface area contributed by atoms with E-state index in [1.807, 2.05) is 0 Å². The van der Waals surface area contributed by atoms with Crippen molar-refractivity contribution in [2.24, 2.45) is 5.92 Å². The van der Waals surface area contributed by atoms with Crippen LogP contribution < -0.4 is 0 Å². The molecule has 1 aliphatic heterocycles. The molecular weight excluding hydrogens is 729 g/mol. The van der Waals surface area contributed by atoms with Gasteiger partial charge in [-0.1, -0.05) is 181 Å². The zero-order chi connectivity index (χ0) is 39.9. The topological polar surface area (TPSA) is 168 Å². The molecule has 1 heterocycles. The molecule has 0 bridgehead atoms. The lowest BCUT2D eigenvalue weighted by Gasteiger charge is -2.40. The number of ether oxygens (including phenoxy) is 2. The van der Waals surface area contributed by atoms with Gasteiger partial charge in [0.15, 0.2) is 26.0 Å². The molecule has 0 radical (unpaired) electrons. The molecule has 0 aromatic rings. The molecule has 0 saturated carbocycles. The van der Waals surface area contributed by atoms with Crippen molar-refractivity contribution in [1.82, 2.24) is 0 Å². The largest absolute Gasteiger partial charge is 0.394 e. The quantitative estimate of drug-likeness (QED) is 0.0446. The van der Waals surface area contributed by atoms with Crippen LogP contribution in [0.4, 0.5) is 0 Å². The molecule has 5 atom stereocenters. The van der Waals surface area contributed by atoms with Gasteiger partial charge in [-0.25, -0.2) is 16.8 Å². The van der Waals surface area contributed by atoms with Crippen LogP contribution in [0.25, 0.3) is 0 Å². The van der Waals surface area contributed by atoms with Crippen molar-refractivity contribution in [1.29, 1.82) is 0 Å². The Morgan fingerprint density at radius 1 is 0.481 bits per heavy atom. The van der Waals surface area contributed by atoms with Crippen LogP contribution in [0.5, 0.6) is 0 Å². The minimum absolute atomic E-state index is 0.0272. The molecule has 0 spiro atoms. The van der Waals surface area contributed by atoms with Crippen molar-refractivity contribution in [3.05, 3.63) is 0 Å². The van der Waals surface area contributed by atoms with Gasteiger partial charge in [0.25, 0.3) is 0 Å². The lowest BCUT2D eigenvalue weighted by molar-refractivity contribution is -0.302. The summed E-state index contributed by atoms with van der Waals surface area (Å²) in [4.78, 5) is 0. The molecule has 0 aliphatic carbocycles. The normalized spacial score (nSPS) is 21.0. The highest BCUT2D eigenvalue weighted by Gasteiger charge is 2.44. The summed E-state index contributed by atoms with van der Waals surface area (Å²) in [5.41, 5.74) is 0. The molecular formula is C42H84O10S2. The zero-order valence-electron chi connectivity index (χ0n) is 34.6. The summed E-state index contributed by atoms with van der Waals surface area (Å²) in [5, 5.41) is 40.2. The Morgan fingerprint density at radius 2 is 0.796 bits per heavy atom. The minimum atomic E-state index is -3.60. The second kappa shape index (κ2) is 32.6. The predicted molar refractivity (Wildman–Crippen MR) is 221 cm³/mol. The van der Waals surface area contributed by atoms with E-state index in [1.54, 1.807) is 0 Å². The van der Waals surface area contributed by atoms with Crippen LogP contribution in [-0.4, -0.2) is 104 Å². The van der Waals surface area contributed by atoms with Crippen LogP contribution in [0, 0.1) is 5.92 Å². The summed E-state index contributed by atoms with van der Waals surface area (Å²) < 4.78 is 64.0. The van der Waals surface area contributed by atoms with E-state index in [0.717, 1.165) is 51.4 Å². The minimum Gasteiger partial charge on any atom is -0.394 e. The van der Waals surface area contributed by atoms with Crippen LogP contribution in [-0.2, 0) is 29.1 Å². The van der Waals surface area contributed by atoms with Gasteiger partial charge in [-0.3, -0.25) is 0 Å². The number of hydrogen-bond donors (Lipinski definition) is 4. The second-order valence-electron chi connectivity index (χ2n) is 16.3. The Bertz CT molecular complexity index is 1000. The van der Waals surface area contributed by atoms with Crippen LogP contribution in [0.3, 0.4) is 0 Å². The first-order chi connectivity index (χ1) is 26.0. The third-order valence-electron chi connectivity index (χ3n) is 10.9. The van der Waals surface area contributed by atoms with Crippen LogP contribution >= 0.6 is 0 Å². The van der Waals surface area contributed by atoms with Gasteiger partial charge in [0.1, 0.15) is 24.4 Å². The second-order valence-corrected chi connectivity index (χ2v) is 20.8. The number of rotatable bonds is 38. The van der Waals surface area contributed by atoms with E-state index < -0.39 is 62.9 Å². The Labute approximate surface area is 331 Å². The van der Waals surface area contributed by atoms with Gasteiger partial charge in [-0.15, -0.1) is 0 Å². The summed E-state index contributed by atoms with van der Waals surface area (Å²) in [7, 11) is -7.20. The molecule has 12 heteroatoms. The van der Waals surface area contributed by atoms with Gasteiger partial charge in [-0.05, 0) is 12.8 Å². The molecule has 0 aromatic carbocycles. The lowest BCUT2D eigenvalue weighted by atomic mass is 9.99. The molecule has 1 rings (SSSR count). The molecule has 1 fully saturated rings. The Balaban J connectivity index is 2.49. The van der Waals surface area contributed by atoms with E-state index in [9.17, 15) is 37.3 Å². The number of unbranched alkanes of at least 4 members (excludes halogenated alkanes) is 26. The van der Waals surface area contributed by atoms with Crippen LogP contribution in [0.1, 0.15) is 194 Å². The first-order valence-electron chi connectivity index (χ1n) is 22.3. The molecule has 324 valence electrons. The van der Waals surface area contributed by atoms with E-state index in [2.05, 4.69) is 13.8 Å². The Morgan fingerprint density at radius 3 is 1.11 bits per heavy atom. The smallest absolute Gasteiger partial charge is 0.186 e. The van der Waals surface area contributed by atoms with Crippen molar-refractivity contribution in [3.63, 3.8) is 0 Å². The standard InChI is InChI=1S/C42H84O10S2/c1-3-5-7-9-11-13-15-17-19-21-23-25-27-29-31-53(47,48)35-37(34-51-42-41(46)40(45)39(44)38(33-43)52-42)36-54(49,50)32-30-28-26-24-22-20-18-16-14-12-10-8-6-4-2/h37-46H,3-36H2,1-2H3/t38-,39-,40+,41-,42+/m1/s1. The zero-order valence-corrected chi connectivity index (χ0v) is 36.2. The van der Waals surface area contributed by atoms with Gasteiger partial charge in [0.05, 0.1) is 36.2 Å². The van der Waals surface area contributed by atoms with Crippen molar-refractivity contribution in [2.45, 2.75) is 224 Å². The average molecular weight is 813 g/mol. The SMILES string of the molecule is CCCCCCCCCCCCCCCCS(=O)(=O)CC(CO[C@H]1O[C@H](CO)[C@@H](O)[C@H](O)[C@H]1O)CS(=O)(=O)CCCCCCCCCCCCCCCC. The Hall–Kier alpha value is -0.340. The number of aliphatic hydroxyl groups is 4. The maximum atomic E-state index is 13.2. The third-order valence-corrected chi connectivity index (χ3v) is 14.7. The predicted octanol–water partition coefficient (Wildman–Crippen LogP) is 8.21. The number of aliphatic hydroxyl groups excluding tert-OH is 4. The maximum Gasteiger partial charge on any atom is 0.186 e. The van der Waals surface area contributed by atoms with Crippen LogP contribution in [0.2, 0.25) is 0 Å². The fourth-order valence-corrected chi connectivity index (χ4v) is 11.1. The first kappa shape index (κ1) is 51.7. The third kappa shape index (κ3) is 26.6. The highest BCUT2D eigenvalue weighted by molar-refractivity contribution is 7.92. The molecule has 0 unspecified atom stereocenters. The van der Waals surface area contributed by atoms with Gasteiger partial charge in [0.2, 0.25) is 0 Å². The molecule has 54 heavy (non-hydrogen) atoms. The van der Waals surface area contributed by atoms with Crippen molar-refractivity contribution >= 4 is 19.7 Å². The van der Waals surface area contributed by atoms with Crippen LogP contribution in [0.15, 0.2) is 0 Å². The fourth-order valence-electron chi connectivity index (χ4n) is 7.50. The average Bonchev–Trinajstić information content (AvgIpc) is 3.13. The summed E-state index contributed by atoms with van der Waals surface area (Å²) >= 11 is 0. The Kier molecular flexibility index (Phi) is 31.2. The highest BCUT2D eigenvalue weighted by atomic mass is 32.2. The van der Waals surface area contributed by atoms with Gasteiger partial charge < -0.3 is 29.9 Å². The molecule has 0 aromatic heterocycles. The number of sulfone groups is 2. The first-order valence-corrected chi connectivity index (χ1v) is 25.9. The summed E-state index contributed by atoms with van der Waals surface area (Å²) in [6, 6.07) is 0. The molecule has 1 aliphatic rings. The van der Waals surface area contributed by atoms with E-state index >= 15 is 0 Å². The monoisotopic (exact) mass is 813 g/mol. The summed E-state index contributed by atoms with van der Waals surface area (Å²) in [5.74, 6) is -1.70. The fraction of sp³-hybridized carbons (Fsp3) is 1.00. The van der Waals surface area contributed by atoms with Gasteiger partial charge >= 0.3 is 0 Å². The van der Waals surface area contributed by atoms with Gasteiger partial charge in [-0.2, -0.15) is 0 Å². The van der Waals surface area contributed by atoms with Crippen molar-refractivity contribution in [3.8, 4) is 0 Å². The summed E-state index contributed by atoms with van der Waals surface area (Å²) in [6.45, 7) is 3.51. The van der Waals surface area contributed by atoms with Crippen molar-refractivity contribution in [2.75, 3.05) is 36.2 Å². The van der Waals surface area contributed by atoms with E-state index in [-0.39, 0.29) is 29.6 Å². The number of hydrogen-bond acceptors (Lipinski definition) is 10. The molecule has 0 amide bonds. The maximum absolute atomic E-state index is 13.2. The molecule has 1 saturated heterocycles. The van der Waals surface area contributed by atoms with E-state index in [1.165, 1.54) is 116 Å².